The molecule has 0 atom stereocenters. The third kappa shape index (κ3) is 6.91. The standard InChI is InChI=1S/C18H22FN3.CH2I.Li/c19-16-6-8-17(9-7-16)22(20)18-10-12-21(13-11-18)14-15-4-2-1-3-5-15;1-2;/h1-9,18H,10-14,20H2;1H2;/q;-1;+1. The third-order valence-electron chi connectivity index (χ3n) is 4.32. The molecule has 25 heavy (non-hydrogen) atoms. The van der Waals surface area contributed by atoms with E-state index in [1.807, 2.05) is 28.7 Å². The Hall–Kier alpha value is -0.583. The van der Waals surface area contributed by atoms with E-state index in [1.165, 1.54) is 17.7 Å². The van der Waals surface area contributed by atoms with Crippen molar-refractivity contribution in [1.29, 1.82) is 0 Å². The fourth-order valence-electron chi connectivity index (χ4n) is 3.02. The van der Waals surface area contributed by atoms with Gasteiger partial charge in [0, 0.05) is 25.7 Å². The SMILES string of the molecule is NN(c1ccc(F)cc1)C1CCN(Cc2ccccc2)CC1.[CH2-]I.[Li+]. The van der Waals surface area contributed by atoms with Crippen molar-refractivity contribution in [3.63, 3.8) is 0 Å². The maximum absolute atomic E-state index is 13.0. The smallest absolute Gasteiger partial charge is 0.319 e. The van der Waals surface area contributed by atoms with Crippen molar-refractivity contribution in [3.05, 3.63) is 70.9 Å². The van der Waals surface area contributed by atoms with E-state index in [-0.39, 0.29) is 24.7 Å². The van der Waals surface area contributed by atoms with Gasteiger partial charge in [0.2, 0.25) is 0 Å². The van der Waals surface area contributed by atoms with Gasteiger partial charge in [-0.05, 0) is 42.7 Å². The molecule has 1 heterocycles. The zero-order chi connectivity index (χ0) is 17.4. The number of hydrogen-bond acceptors (Lipinski definition) is 3. The third-order valence-corrected chi connectivity index (χ3v) is 4.32. The monoisotopic (exact) mass is 447 g/mol. The van der Waals surface area contributed by atoms with Gasteiger partial charge in [0.1, 0.15) is 5.82 Å². The Morgan fingerprint density at radius 3 is 2.16 bits per heavy atom. The molecule has 6 heteroatoms. The Kier molecular flexibility index (Phi) is 10.7. The molecular weight excluding hydrogens is 423 g/mol. The van der Waals surface area contributed by atoms with Gasteiger partial charge in [-0.15, -0.1) is 0 Å². The largest absolute Gasteiger partial charge is 1.00 e. The van der Waals surface area contributed by atoms with Crippen molar-refractivity contribution < 1.29 is 23.3 Å². The topological polar surface area (TPSA) is 32.5 Å². The number of halogens is 2. The van der Waals surface area contributed by atoms with Crippen LogP contribution in [0.2, 0.25) is 0 Å². The molecular formula is C19H24FILiN3. The Morgan fingerprint density at radius 2 is 1.60 bits per heavy atom. The van der Waals surface area contributed by atoms with E-state index in [4.69, 9.17) is 5.84 Å². The number of nitrogens with zero attached hydrogens (tertiary/aromatic N) is 2. The van der Waals surface area contributed by atoms with Crippen molar-refractivity contribution in [2.45, 2.75) is 25.4 Å². The Bertz CT molecular complexity index is 589. The van der Waals surface area contributed by atoms with Crippen LogP contribution in [0.15, 0.2) is 54.6 Å². The first-order valence-electron chi connectivity index (χ1n) is 8.05. The average molecular weight is 447 g/mol. The average Bonchev–Trinajstić information content (AvgIpc) is 2.65. The summed E-state index contributed by atoms with van der Waals surface area (Å²) in [4.78, 5) is 5.68. The minimum absolute atomic E-state index is 0. The summed E-state index contributed by atoms with van der Waals surface area (Å²) in [5, 5.41) is 1.79. The van der Waals surface area contributed by atoms with Crippen LogP contribution in [0.5, 0.6) is 0 Å². The van der Waals surface area contributed by atoms with Gasteiger partial charge in [-0.25, -0.2) is 10.2 Å². The summed E-state index contributed by atoms with van der Waals surface area (Å²) in [6.45, 7) is 3.07. The van der Waals surface area contributed by atoms with E-state index in [0.717, 1.165) is 38.2 Å². The molecule has 1 aliphatic heterocycles. The minimum atomic E-state index is -0.227. The van der Waals surface area contributed by atoms with E-state index in [1.54, 1.807) is 17.1 Å². The van der Waals surface area contributed by atoms with Gasteiger partial charge in [0.25, 0.3) is 0 Å². The van der Waals surface area contributed by atoms with Gasteiger partial charge >= 0.3 is 18.9 Å². The first-order chi connectivity index (χ1) is 11.7. The molecule has 0 amide bonds. The second-order valence-electron chi connectivity index (χ2n) is 5.88. The van der Waals surface area contributed by atoms with Gasteiger partial charge < -0.3 is 27.6 Å². The molecule has 0 unspecified atom stereocenters. The van der Waals surface area contributed by atoms with Crippen molar-refractivity contribution in [3.8, 4) is 0 Å². The molecule has 1 fully saturated rings. The molecule has 2 aromatic rings. The van der Waals surface area contributed by atoms with Gasteiger partial charge in [0.05, 0.1) is 5.69 Å². The second-order valence-corrected chi connectivity index (χ2v) is 5.88. The molecule has 0 saturated carbocycles. The van der Waals surface area contributed by atoms with Crippen molar-refractivity contribution in [1.82, 2.24) is 4.90 Å². The van der Waals surface area contributed by atoms with Gasteiger partial charge in [-0.1, -0.05) is 30.3 Å². The zero-order valence-corrected chi connectivity index (χ0v) is 16.9. The first kappa shape index (κ1) is 22.5. The van der Waals surface area contributed by atoms with E-state index in [9.17, 15) is 4.39 Å². The molecule has 130 valence electrons. The van der Waals surface area contributed by atoms with Gasteiger partial charge in [-0.2, -0.15) is 0 Å². The number of piperidine rings is 1. The molecule has 0 spiro atoms. The summed E-state index contributed by atoms with van der Waals surface area (Å²) < 4.78 is 13.0. The quantitative estimate of drug-likeness (QED) is 0.253. The van der Waals surface area contributed by atoms with Crippen molar-refractivity contribution >= 4 is 28.3 Å². The van der Waals surface area contributed by atoms with Crippen molar-refractivity contribution in [2.75, 3.05) is 18.1 Å². The van der Waals surface area contributed by atoms with Crippen LogP contribution in [0, 0.1) is 10.7 Å². The maximum atomic E-state index is 13.0. The van der Waals surface area contributed by atoms with Crippen LogP contribution in [-0.2, 0) is 6.54 Å². The van der Waals surface area contributed by atoms with Gasteiger partial charge in [0.15, 0.2) is 0 Å². The van der Waals surface area contributed by atoms with Crippen LogP contribution < -0.4 is 29.7 Å². The zero-order valence-electron chi connectivity index (χ0n) is 14.7. The molecule has 3 nitrogen and oxygen atoms in total. The van der Waals surface area contributed by atoms with Crippen LogP contribution in [-0.4, -0.2) is 24.0 Å². The Morgan fingerprint density at radius 1 is 1.04 bits per heavy atom. The molecule has 0 aliphatic carbocycles. The van der Waals surface area contributed by atoms with E-state index >= 15 is 0 Å². The molecule has 0 radical (unpaired) electrons. The molecule has 3 rings (SSSR count). The summed E-state index contributed by atoms with van der Waals surface area (Å²) in [5.74, 6) is 5.98. The molecule has 2 N–H and O–H groups in total. The maximum Gasteiger partial charge on any atom is 1.00 e. The number of hydrogen-bond donors (Lipinski definition) is 1. The van der Waals surface area contributed by atoms with Crippen LogP contribution >= 0.6 is 22.6 Å². The molecule has 1 saturated heterocycles. The minimum Gasteiger partial charge on any atom is -0.319 e. The van der Waals surface area contributed by atoms with E-state index in [0.29, 0.717) is 6.04 Å². The van der Waals surface area contributed by atoms with Crippen molar-refractivity contribution in [2.24, 2.45) is 5.84 Å². The summed E-state index contributed by atoms with van der Waals surface area (Å²) >= 11 is 1.90. The van der Waals surface area contributed by atoms with Crippen LogP contribution in [0.1, 0.15) is 18.4 Å². The predicted molar refractivity (Wildman–Crippen MR) is 107 cm³/mol. The Balaban J connectivity index is 0.00000101. The van der Waals surface area contributed by atoms with Gasteiger partial charge in [-0.3, -0.25) is 9.83 Å². The predicted octanol–water partition coefficient (Wildman–Crippen LogP) is 1.39. The van der Waals surface area contributed by atoms with E-state index in [2.05, 4.69) is 34.1 Å². The molecule has 0 bridgehead atoms. The fraction of sp³-hybridized carbons (Fsp3) is 0.316. The Labute approximate surface area is 176 Å². The van der Waals surface area contributed by atoms with Crippen LogP contribution in [0.25, 0.3) is 0 Å². The summed E-state index contributed by atoms with van der Waals surface area (Å²) in [7, 11) is 0. The molecule has 1 aliphatic rings. The number of rotatable bonds is 4. The first-order valence-corrected chi connectivity index (χ1v) is 9.57. The van der Waals surface area contributed by atoms with Crippen LogP contribution in [0.3, 0.4) is 0 Å². The molecule has 2 aromatic carbocycles. The number of likely N-dealkylation sites (tertiary alicyclic amines) is 1. The normalized spacial score (nSPS) is 14.9. The second kappa shape index (κ2) is 11.9. The number of anilines is 1. The number of hydrazine groups is 1. The molecule has 0 aromatic heterocycles. The van der Waals surface area contributed by atoms with E-state index < -0.39 is 0 Å². The summed E-state index contributed by atoms with van der Waals surface area (Å²) in [6, 6.07) is 17.3. The fourth-order valence-corrected chi connectivity index (χ4v) is 3.02. The summed E-state index contributed by atoms with van der Waals surface area (Å²) in [5.41, 5.74) is 2.23. The number of benzene rings is 2. The summed E-state index contributed by atoms with van der Waals surface area (Å²) in [6.07, 6.45) is 2.06. The number of nitrogens with two attached hydrogens (primary N) is 1. The van der Waals surface area contributed by atoms with Crippen LogP contribution in [0.4, 0.5) is 10.1 Å².